The Bertz CT molecular complexity index is 953. The van der Waals surface area contributed by atoms with Crippen LogP contribution in [0.1, 0.15) is 28.7 Å². The molecule has 1 N–H and O–H groups in total. The van der Waals surface area contributed by atoms with E-state index < -0.39 is 0 Å². The van der Waals surface area contributed by atoms with E-state index in [0.717, 1.165) is 22.3 Å². The summed E-state index contributed by atoms with van der Waals surface area (Å²) in [4.78, 5) is 12.3. The maximum atomic E-state index is 12.3. The minimum absolute atomic E-state index is 0.150. The SMILES string of the molecule is CCn1cc(CNC(=O)c2ccn(COc3ccc(Br)cc3Cl)n2)c(C)n1. The van der Waals surface area contributed by atoms with E-state index >= 15 is 0 Å². The lowest BCUT2D eigenvalue weighted by molar-refractivity contribution is 0.0944. The van der Waals surface area contributed by atoms with E-state index in [4.69, 9.17) is 16.3 Å². The van der Waals surface area contributed by atoms with Crippen LogP contribution in [0.3, 0.4) is 0 Å². The van der Waals surface area contributed by atoms with Gasteiger partial charge in [-0.2, -0.15) is 10.2 Å². The van der Waals surface area contributed by atoms with Gasteiger partial charge in [0, 0.05) is 35.5 Å². The lowest BCUT2D eigenvalue weighted by Gasteiger charge is -2.08. The molecule has 27 heavy (non-hydrogen) atoms. The Labute approximate surface area is 170 Å². The monoisotopic (exact) mass is 451 g/mol. The fourth-order valence-electron chi connectivity index (χ4n) is 2.44. The number of halogens is 2. The van der Waals surface area contributed by atoms with Crippen molar-refractivity contribution in [2.45, 2.75) is 33.7 Å². The van der Waals surface area contributed by atoms with Crippen molar-refractivity contribution in [3.63, 3.8) is 0 Å². The number of aromatic nitrogens is 4. The molecule has 0 unspecified atom stereocenters. The summed E-state index contributed by atoms with van der Waals surface area (Å²) in [5.41, 5.74) is 2.21. The molecule has 0 atom stereocenters. The van der Waals surface area contributed by atoms with Gasteiger partial charge in [0.2, 0.25) is 0 Å². The third-order valence-electron chi connectivity index (χ3n) is 3.93. The number of nitrogens with one attached hydrogen (secondary N) is 1. The summed E-state index contributed by atoms with van der Waals surface area (Å²) in [6, 6.07) is 7.00. The number of hydrogen-bond donors (Lipinski definition) is 1. The van der Waals surface area contributed by atoms with Gasteiger partial charge in [-0.25, -0.2) is 4.68 Å². The second-order valence-corrected chi connectivity index (χ2v) is 7.19. The van der Waals surface area contributed by atoms with Crippen molar-refractivity contribution in [3.8, 4) is 5.75 Å². The first-order valence-corrected chi connectivity index (χ1v) is 9.55. The molecule has 1 aromatic carbocycles. The van der Waals surface area contributed by atoms with Gasteiger partial charge in [0.25, 0.3) is 5.91 Å². The Morgan fingerprint density at radius 1 is 1.30 bits per heavy atom. The molecule has 0 aliphatic heterocycles. The number of aryl methyl sites for hydroxylation is 2. The standard InChI is InChI=1S/C18H19BrClN5O2/c1-3-24-10-13(12(2)22-24)9-21-18(26)16-6-7-25(23-16)11-27-17-5-4-14(19)8-15(17)20/h4-8,10H,3,9,11H2,1-2H3,(H,21,26). The molecule has 0 radical (unpaired) electrons. The van der Waals surface area contributed by atoms with Crippen LogP contribution in [-0.4, -0.2) is 25.5 Å². The highest BCUT2D eigenvalue weighted by molar-refractivity contribution is 9.10. The van der Waals surface area contributed by atoms with E-state index in [1.165, 1.54) is 4.68 Å². The second kappa shape index (κ2) is 8.58. The molecule has 9 heteroatoms. The summed E-state index contributed by atoms with van der Waals surface area (Å²) in [6.07, 6.45) is 3.62. The molecular formula is C18H19BrClN5O2. The predicted molar refractivity (Wildman–Crippen MR) is 106 cm³/mol. The van der Waals surface area contributed by atoms with Crippen molar-refractivity contribution in [2.24, 2.45) is 0 Å². The summed E-state index contributed by atoms with van der Waals surface area (Å²) < 4.78 is 9.89. The molecule has 0 aliphatic rings. The molecule has 3 aromatic rings. The van der Waals surface area contributed by atoms with E-state index in [2.05, 4.69) is 31.4 Å². The maximum absolute atomic E-state index is 12.3. The van der Waals surface area contributed by atoms with Crippen LogP contribution in [0.25, 0.3) is 0 Å². The number of ether oxygens (including phenoxy) is 1. The van der Waals surface area contributed by atoms with Crippen molar-refractivity contribution < 1.29 is 9.53 Å². The fraction of sp³-hybridized carbons (Fsp3) is 0.278. The summed E-state index contributed by atoms with van der Waals surface area (Å²) >= 11 is 9.47. The topological polar surface area (TPSA) is 74.0 Å². The van der Waals surface area contributed by atoms with Gasteiger partial charge in [0.15, 0.2) is 6.73 Å². The average Bonchev–Trinajstić information content (AvgIpc) is 3.25. The molecule has 0 aliphatic carbocycles. The number of carbonyl (C=O) groups excluding carboxylic acids is 1. The van der Waals surface area contributed by atoms with Crippen LogP contribution in [0.5, 0.6) is 5.75 Å². The molecule has 2 heterocycles. The summed E-state index contributed by atoms with van der Waals surface area (Å²) in [6.45, 7) is 5.29. The summed E-state index contributed by atoms with van der Waals surface area (Å²) in [5, 5.41) is 12.0. The van der Waals surface area contributed by atoms with Gasteiger partial charge in [-0.05, 0) is 38.1 Å². The van der Waals surface area contributed by atoms with Crippen LogP contribution in [0.15, 0.2) is 41.1 Å². The Balaban J connectivity index is 1.56. The molecule has 1 amide bonds. The predicted octanol–water partition coefficient (Wildman–Crippen LogP) is 3.79. The van der Waals surface area contributed by atoms with Gasteiger partial charge < -0.3 is 10.1 Å². The van der Waals surface area contributed by atoms with Crippen LogP contribution in [-0.2, 0) is 19.8 Å². The zero-order valence-corrected chi connectivity index (χ0v) is 17.3. The molecule has 142 valence electrons. The minimum atomic E-state index is -0.251. The van der Waals surface area contributed by atoms with Crippen molar-refractivity contribution in [1.82, 2.24) is 24.9 Å². The lowest BCUT2D eigenvalue weighted by Crippen LogP contribution is -2.23. The molecular weight excluding hydrogens is 434 g/mol. The van der Waals surface area contributed by atoms with E-state index in [0.29, 0.717) is 23.0 Å². The molecule has 0 spiro atoms. The van der Waals surface area contributed by atoms with Crippen molar-refractivity contribution in [3.05, 3.63) is 63.1 Å². The van der Waals surface area contributed by atoms with Gasteiger partial charge in [-0.1, -0.05) is 27.5 Å². The Morgan fingerprint density at radius 2 is 2.11 bits per heavy atom. The number of nitrogens with zero attached hydrogens (tertiary/aromatic N) is 4. The summed E-state index contributed by atoms with van der Waals surface area (Å²) in [7, 11) is 0. The van der Waals surface area contributed by atoms with Crippen LogP contribution in [0, 0.1) is 6.92 Å². The molecule has 3 rings (SSSR count). The number of hydrogen-bond acceptors (Lipinski definition) is 4. The maximum Gasteiger partial charge on any atom is 0.272 e. The van der Waals surface area contributed by atoms with Gasteiger partial charge in [-0.15, -0.1) is 0 Å². The van der Waals surface area contributed by atoms with Gasteiger partial charge in [0.05, 0.1) is 10.7 Å². The van der Waals surface area contributed by atoms with Crippen LogP contribution >= 0.6 is 27.5 Å². The zero-order valence-electron chi connectivity index (χ0n) is 14.9. The van der Waals surface area contributed by atoms with Crippen molar-refractivity contribution in [1.29, 1.82) is 0 Å². The molecule has 2 aromatic heterocycles. The molecule has 0 saturated heterocycles. The zero-order chi connectivity index (χ0) is 19.4. The highest BCUT2D eigenvalue weighted by Gasteiger charge is 2.12. The number of amides is 1. The highest BCUT2D eigenvalue weighted by atomic mass is 79.9. The van der Waals surface area contributed by atoms with Crippen LogP contribution < -0.4 is 10.1 Å². The van der Waals surface area contributed by atoms with Gasteiger partial charge >= 0.3 is 0 Å². The number of carbonyl (C=O) groups is 1. The van der Waals surface area contributed by atoms with Crippen LogP contribution in [0.4, 0.5) is 0 Å². The molecule has 0 fully saturated rings. The number of benzene rings is 1. The highest BCUT2D eigenvalue weighted by Crippen LogP contribution is 2.27. The van der Waals surface area contributed by atoms with Crippen LogP contribution in [0.2, 0.25) is 5.02 Å². The Hall–Kier alpha value is -2.32. The van der Waals surface area contributed by atoms with E-state index in [1.807, 2.05) is 30.8 Å². The van der Waals surface area contributed by atoms with E-state index in [1.54, 1.807) is 24.4 Å². The minimum Gasteiger partial charge on any atom is -0.470 e. The Morgan fingerprint density at radius 3 is 2.81 bits per heavy atom. The largest absolute Gasteiger partial charge is 0.470 e. The normalized spacial score (nSPS) is 10.8. The third kappa shape index (κ3) is 4.90. The van der Waals surface area contributed by atoms with Gasteiger partial charge in [0.1, 0.15) is 11.4 Å². The van der Waals surface area contributed by atoms with E-state index in [9.17, 15) is 4.79 Å². The quantitative estimate of drug-likeness (QED) is 0.592. The second-order valence-electron chi connectivity index (χ2n) is 5.87. The molecule has 7 nitrogen and oxygen atoms in total. The first kappa shape index (κ1) is 19.4. The van der Waals surface area contributed by atoms with E-state index in [-0.39, 0.29) is 12.6 Å². The van der Waals surface area contributed by atoms with Gasteiger partial charge in [-0.3, -0.25) is 9.48 Å². The summed E-state index contributed by atoms with van der Waals surface area (Å²) in [5.74, 6) is 0.295. The first-order chi connectivity index (χ1) is 13.0. The number of rotatable bonds is 7. The molecule has 0 saturated carbocycles. The Kier molecular flexibility index (Phi) is 6.18. The first-order valence-electron chi connectivity index (χ1n) is 8.38. The average molecular weight is 453 g/mol. The van der Waals surface area contributed by atoms with Crippen molar-refractivity contribution in [2.75, 3.05) is 0 Å². The lowest BCUT2D eigenvalue weighted by atomic mass is 10.2. The third-order valence-corrected chi connectivity index (χ3v) is 4.72. The smallest absolute Gasteiger partial charge is 0.272 e. The fourth-order valence-corrected chi connectivity index (χ4v) is 3.17. The van der Waals surface area contributed by atoms with Crippen molar-refractivity contribution >= 4 is 33.4 Å². The molecule has 0 bridgehead atoms.